The topological polar surface area (TPSA) is 77.3 Å². The van der Waals surface area contributed by atoms with E-state index in [1.165, 1.54) is 7.11 Å². The summed E-state index contributed by atoms with van der Waals surface area (Å²) in [7, 11) is 3.28. The van der Waals surface area contributed by atoms with Crippen LogP contribution in [0.4, 0.5) is 24.8 Å². The fourth-order valence-electron chi connectivity index (χ4n) is 3.56. The number of pyridine rings is 2. The smallest absolute Gasteiger partial charge is 0.392 e. The average molecular weight is 448 g/mol. The minimum absolute atomic E-state index is 0.159. The highest BCUT2D eigenvalue weighted by atomic mass is 19.4. The van der Waals surface area contributed by atoms with Crippen molar-refractivity contribution in [2.45, 2.75) is 32.2 Å². The van der Waals surface area contributed by atoms with Gasteiger partial charge in [0.15, 0.2) is 0 Å². The van der Waals surface area contributed by atoms with Crippen LogP contribution in [0.2, 0.25) is 0 Å². The van der Waals surface area contributed by atoms with Crippen molar-refractivity contribution < 1.29 is 22.6 Å². The predicted molar refractivity (Wildman–Crippen MR) is 112 cm³/mol. The Hall–Kier alpha value is -3.34. The minimum atomic E-state index is -4.32. The third-order valence-electron chi connectivity index (χ3n) is 4.91. The van der Waals surface area contributed by atoms with Gasteiger partial charge in [0.05, 0.1) is 25.6 Å². The lowest BCUT2D eigenvalue weighted by Crippen LogP contribution is -2.34. The van der Waals surface area contributed by atoms with Crippen LogP contribution in [-0.4, -0.2) is 57.4 Å². The summed E-state index contributed by atoms with van der Waals surface area (Å²) in [5.41, 5.74) is 2.30. The van der Waals surface area contributed by atoms with Crippen molar-refractivity contribution >= 4 is 11.6 Å². The van der Waals surface area contributed by atoms with E-state index in [9.17, 15) is 13.2 Å². The standard InChI is InChI=1S/C21H23F3N6O2/c1-13-9-30(12-25-13)16-5-7-18(28-20(16)31-3)26-17-6-4-14-10-29(2)11-15(8-21(22,23)24)32-19(14)27-17/h4-7,9,12,15H,8,10-11H2,1-3H3,(H,26,27,28). The lowest BCUT2D eigenvalue weighted by atomic mass is 10.2. The molecule has 0 bridgehead atoms. The molecular weight excluding hydrogens is 425 g/mol. The van der Waals surface area contributed by atoms with Crippen LogP contribution in [0.1, 0.15) is 17.7 Å². The Morgan fingerprint density at radius 1 is 1.19 bits per heavy atom. The SMILES string of the molecule is COc1nc(Nc2ccc3c(n2)OC(CC(F)(F)F)CN(C)C3)ccc1-n1cnc(C)c1. The Morgan fingerprint density at radius 2 is 1.94 bits per heavy atom. The van der Waals surface area contributed by atoms with Crippen LogP contribution in [0.5, 0.6) is 11.8 Å². The van der Waals surface area contributed by atoms with Crippen molar-refractivity contribution in [1.29, 1.82) is 0 Å². The fraction of sp³-hybridized carbons (Fsp3) is 0.381. The number of hydrogen-bond donors (Lipinski definition) is 1. The van der Waals surface area contributed by atoms with Gasteiger partial charge in [-0.25, -0.2) is 4.98 Å². The summed E-state index contributed by atoms with van der Waals surface area (Å²) in [4.78, 5) is 14.9. The van der Waals surface area contributed by atoms with E-state index in [4.69, 9.17) is 9.47 Å². The number of ether oxygens (including phenoxy) is 2. The Morgan fingerprint density at radius 3 is 2.62 bits per heavy atom. The summed E-state index contributed by atoms with van der Waals surface area (Å²) >= 11 is 0. The summed E-state index contributed by atoms with van der Waals surface area (Å²) in [6.07, 6.45) is -2.86. The largest absolute Gasteiger partial charge is 0.479 e. The molecule has 4 heterocycles. The van der Waals surface area contributed by atoms with E-state index < -0.39 is 18.7 Å². The van der Waals surface area contributed by atoms with Crippen LogP contribution in [0.3, 0.4) is 0 Å². The third kappa shape index (κ3) is 5.10. The van der Waals surface area contributed by atoms with E-state index in [-0.39, 0.29) is 12.4 Å². The Bertz CT molecular complexity index is 1100. The zero-order valence-electron chi connectivity index (χ0n) is 17.8. The number of halogens is 3. The molecule has 0 saturated carbocycles. The van der Waals surface area contributed by atoms with Crippen molar-refractivity contribution in [2.24, 2.45) is 0 Å². The maximum Gasteiger partial charge on any atom is 0.392 e. The molecule has 0 saturated heterocycles. The molecule has 1 aliphatic heterocycles. The first-order valence-electron chi connectivity index (χ1n) is 9.95. The van der Waals surface area contributed by atoms with Crippen molar-refractivity contribution in [1.82, 2.24) is 24.4 Å². The zero-order valence-corrected chi connectivity index (χ0v) is 17.8. The molecule has 3 aromatic rings. The normalized spacial score (nSPS) is 16.8. The summed E-state index contributed by atoms with van der Waals surface area (Å²) in [5, 5.41) is 3.06. The van der Waals surface area contributed by atoms with Gasteiger partial charge in [-0.05, 0) is 38.2 Å². The van der Waals surface area contributed by atoms with E-state index in [0.29, 0.717) is 24.1 Å². The summed E-state index contributed by atoms with van der Waals surface area (Å²) < 4.78 is 51.6. The number of imidazole rings is 1. The number of fused-ring (bicyclic) bond motifs is 1. The minimum Gasteiger partial charge on any atom is -0.479 e. The first-order valence-corrected chi connectivity index (χ1v) is 9.95. The van der Waals surface area contributed by atoms with Gasteiger partial charge in [0.1, 0.15) is 23.4 Å². The quantitative estimate of drug-likeness (QED) is 0.635. The number of aromatic nitrogens is 4. The molecule has 4 rings (SSSR count). The zero-order chi connectivity index (χ0) is 22.9. The second kappa shape index (κ2) is 8.65. The molecule has 3 aromatic heterocycles. The maximum atomic E-state index is 12.9. The molecule has 1 aliphatic rings. The summed E-state index contributed by atoms with van der Waals surface area (Å²) in [6, 6.07) is 7.10. The van der Waals surface area contributed by atoms with Crippen molar-refractivity contribution in [3.8, 4) is 17.4 Å². The van der Waals surface area contributed by atoms with Gasteiger partial charge in [0.2, 0.25) is 11.8 Å². The van der Waals surface area contributed by atoms with Gasteiger partial charge in [-0.1, -0.05) is 0 Å². The Labute approximate surface area is 183 Å². The molecule has 170 valence electrons. The van der Waals surface area contributed by atoms with Crippen molar-refractivity contribution in [2.75, 3.05) is 26.0 Å². The van der Waals surface area contributed by atoms with Gasteiger partial charge < -0.3 is 19.4 Å². The predicted octanol–water partition coefficient (Wildman–Crippen LogP) is 3.87. The molecule has 0 spiro atoms. The molecule has 0 radical (unpaired) electrons. The van der Waals surface area contributed by atoms with Gasteiger partial charge in [0, 0.05) is 24.8 Å². The van der Waals surface area contributed by atoms with Crippen LogP contribution in [0, 0.1) is 6.92 Å². The third-order valence-corrected chi connectivity index (χ3v) is 4.91. The first-order chi connectivity index (χ1) is 15.2. The molecule has 0 amide bonds. The van der Waals surface area contributed by atoms with E-state index in [1.54, 1.807) is 41.0 Å². The number of anilines is 2. The molecular formula is C21H23F3N6O2. The second-order valence-corrected chi connectivity index (χ2v) is 7.69. The molecule has 11 heteroatoms. The lowest BCUT2D eigenvalue weighted by Gasteiger charge is -2.21. The van der Waals surface area contributed by atoms with Crippen LogP contribution in [0.15, 0.2) is 36.8 Å². The lowest BCUT2D eigenvalue weighted by molar-refractivity contribution is -0.151. The molecule has 8 nitrogen and oxygen atoms in total. The highest BCUT2D eigenvalue weighted by molar-refractivity contribution is 5.57. The van der Waals surface area contributed by atoms with Gasteiger partial charge >= 0.3 is 6.18 Å². The number of likely N-dealkylation sites (N-methyl/N-ethyl adjacent to an activating group) is 1. The van der Waals surface area contributed by atoms with Crippen molar-refractivity contribution in [3.05, 3.63) is 48.0 Å². The van der Waals surface area contributed by atoms with Gasteiger partial charge in [-0.2, -0.15) is 23.1 Å². The average Bonchev–Trinajstić information content (AvgIpc) is 3.07. The van der Waals surface area contributed by atoms with E-state index in [0.717, 1.165) is 16.9 Å². The number of methoxy groups -OCH3 is 1. The highest BCUT2D eigenvalue weighted by Gasteiger charge is 2.35. The number of rotatable bonds is 5. The van der Waals surface area contributed by atoms with E-state index in [2.05, 4.69) is 20.3 Å². The number of nitrogens with zero attached hydrogens (tertiary/aromatic N) is 5. The van der Waals surface area contributed by atoms with Gasteiger partial charge in [-0.15, -0.1) is 0 Å². The number of aryl methyl sites for hydroxylation is 1. The molecule has 0 aromatic carbocycles. The van der Waals surface area contributed by atoms with Crippen LogP contribution in [-0.2, 0) is 6.54 Å². The Kier molecular flexibility index (Phi) is 5.92. The fourth-order valence-corrected chi connectivity index (χ4v) is 3.56. The monoisotopic (exact) mass is 448 g/mol. The molecule has 0 fully saturated rings. The van der Waals surface area contributed by atoms with Crippen LogP contribution < -0.4 is 14.8 Å². The Balaban J connectivity index is 1.57. The molecule has 32 heavy (non-hydrogen) atoms. The summed E-state index contributed by atoms with van der Waals surface area (Å²) in [6.45, 7) is 2.49. The van der Waals surface area contributed by atoms with E-state index >= 15 is 0 Å². The molecule has 0 aliphatic carbocycles. The summed E-state index contributed by atoms with van der Waals surface area (Å²) in [5.74, 6) is 1.43. The van der Waals surface area contributed by atoms with Crippen LogP contribution >= 0.6 is 0 Å². The number of nitrogens with one attached hydrogen (secondary N) is 1. The highest BCUT2D eigenvalue weighted by Crippen LogP contribution is 2.31. The van der Waals surface area contributed by atoms with Crippen molar-refractivity contribution in [3.63, 3.8) is 0 Å². The molecule has 1 atom stereocenters. The molecule has 1 unspecified atom stereocenters. The van der Waals surface area contributed by atoms with E-state index in [1.807, 2.05) is 19.2 Å². The number of alkyl halides is 3. The maximum absolute atomic E-state index is 12.9. The molecule has 1 N–H and O–H groups in total. The number of hydrogen-bond acceptors (Lipinski definition) is 7. The first kappa shape index (κ1) is 21.9. The van der Waals surface area contributed by atoms with Crippen LogP contribution in [0.25, 0.3) is 5.69 Å². The van der Waals surface area contributed by atoms with Gasteiger partial charge in [0.25, 0.3) is 0 Å². The second-order valence-electron chi connectivity index (χ2n) is 7.69. The van der Waals surface area contributed by atoms with Gasteiger partial charge in [-0.3, -0.25) is 4.90 Å².